The number of thiophene rings is 1. The highest BCUT2D eigenvalue weighted by atomic mass is 79.9. The molecule has 1 heterocycles. The maximum atomic E-state index is 12.1. The smallest absolute Gasteiger partial charge is 0.265 e. The van der Waals surface area contributed by atoms with E-state index in [-0.39, 0.29) is 5.91 Å². The minimum absolute atomic E-state index is 0.0342. The van der Waals surface area contributed by atoms with E-state index in [1.54, 1.807) is 11.3 Å². The lowest BCUT2D eigenvalue weighted by Crippen LogP contribution is -2.11. The minimum atomic E-state index is -0.0342. The molecule has 18 heavy (non-hydrogen) atoms. The van der Waals surface area contributed by atoms with Crippen molar-refractivity contribution in [3.8, 4) is 0 Å². The molecule has 0 aliphatic rings. The minimum Gasteiger partial charge on any atom is -0.321 e. The molecule has 2 nitrogen and oxygen atoms in total. The van der Waals surface area contributed by atoms with Gasteiger partial charge in [0.2, 0.25) is 0 Å². The molecule has 4 heteroatoms. The van der Waals surface area contributed by atoms with Crippen LogP contribution in [0.4, 0.5) is 5.69 Å². The maximum Gasteiger partial charge on any atom is 0.265 e. The monoisotopic (exact) mass is 323 g/mol. The van der Waals surface area contributed by atoms with Gasteiger partial charge in [-0.2, -0.15) is 0 Å². The third kappa shape index (κ3) is 3.00. The van der Waals surface area contributed by atoms with E-state index in [1.165, 1.54) is 4.88 Å². The first-order valence-corrected chi connectivity index (χ1v) is 7.72. The number of hydrogen-bond donors (Lipinski definition) is 1. The number of carbonyl (C=O) groups is 1. The Morgan fingerprint density at radius 3 is 2.72 bits per heavy atom. The summed E-state index contributed by atoms with van der Waals surface area (Å²) in [6.45, 7) is 2.09. The van der Waals surface area contributed by atoms with E-state index in [2.05, 4.69) is 28.2 Å². The Morgan fingerprint density at radius 2 is 2.06 bits per heavy atom. The van der Waals surface area contributed by atoms with Gasteiger partial charge >= 0.3 is 0 Å². The summed E-state index contributed by atoms with van der Waals surface area (Å²) in [7, 11) is 0. The van der Waals surface area contributed by atoms with Crippen LogP contribution in [0.1, 0.15) is 27.0 Å². The second-order valence-corrected chi connectivity index (χ2v) is 5.59. The average Bonchev–Trinajstić information content (AvgIpc) is 2.88. The zero-order chi connectivity index (χ0) is 13.0. The van der Waals surface area contributed by atoms with Crippen molar-refractivity contribution < 1.29 is 4.79 Å². The normalized spacial score (nSPS) is 10.3. The lowest BCUT2D eigenvalue weighted by molar-refractivity contribution is 0.103. The second kappa shape index (κ2) is 6.16. The number of benzene rings is 1. The van der Waals surface area contributed by atoms with Crippen LogP contribution in [0, 0.1) is 0 Å². The molecule has 0 aliphatic carbocycles. The van der Waals surface area contributed by atoms with E-state index >= 15 is 0 Å². The number of carbonyl (C=O) groups excluding carboxylic acids is 1. The van der Waals surface area contributed by atoms with Crippen molar-refractivity contribution in [2.45, 2.75) is 18.7 Å². The van der Waals surface area contributed by atoms with Gasteiger partial charge in [0, 0.05) is 15.9 Å². The quantitative estimate of drug-likeness (QED) is 0.827. The van der Waals surface area contributed by atoms with Crippen LogP contribution < -0.4 is 5.32 Å². The SMILES string of the molecule is CCc1ccc(C(=O)Nc2ccccc2CBr)s1. The fourth-order valence-corrected chi connectivity index (χ4v) is 2.96. The molecule has 1 aromatic heterocycles. The lowest BCUT2D eigenvalue weighted by atomic mass is 10.2. The molecule has 0 unspecified atom stereocenters. The van der Waals surface area contributed by atoms with Crippen LogP contribution in [0.5, 0.6) is 0 Å². The number of nitrogens with one attached hydrogen (secondary N) is 1. The summed E-state index contributed by atoms with van der Waals surface area (Å²) in [5, 5.41) is 3.69. The van der Waals surface area contributed by atoms with Crippen LogP contribution in [0.2, 0.25) is 0 Å². The van der Waals surface area contributed by atoms with Crippen LogP contribution in [0.3, 0.4) is 0 Å². The summed E-state index contributed by atoms with van der Waals surface area (Å²) in [6.07, 6.45) is 0.968. The third-order valence-electron chi connectivity index (χ3n) is 2.64. The molecule has 0 atom stereocenters. The molecule has 0 radical (unpaired) electrons. The summed E-state index contributed by atoms with van der Waals surface area (Å²) in [6, 6.07) is 11.7. The number of hydrogen-bond acceptors (Lipinski definition) is 2. The summed E-state index contributed by atoms with van der Waals surface area (Å²) in [5.74, 6) is -0.0342. The van der Waals surface area contributed by atoms with Gasteiger partial charge in [-0.1, -0.05) is 41.1 Å². The van der Waals surface area contributed by atoms with Gasteiger partial charge in [-0.25, -0.2) is 0 Å². The zero-order valence-electron chi connectivity index (χ0n) is 10.1. The Hall–Kier alpha value is -1.13. The largest absolute Gasteiger partial charge is 0.321 e. The van der Waals surface area contributed by atoms with E-state index in [0.29, 0.717) is 0 Å². The van der Waals surface area contributed by atoms with E-state index in [1.807, 2.05) is 36.4 Å². The van der Waals surface area contributed by atoms with Crippen molar-refractivity contribution in [3.63, 3.8) is 0 Å². The van der Waals surface area contributed by atoms with Crippen LogP contribution in [0.25, 0.3) is 0 Å². The maximum absolute atomic E-state index is 12.1. The average molecular weight is 324 g/mol. The van der Waals surface area contributed by atoms with Gasteiger partial charge in [0.15, 0.2) is 0 Å². The van der Waals surface area contributed by atoms with Crippen molar-refractivity contribution >= 4 is 38.9 Å². The van der Waals surface area contributed by atoms with Gasteiger partial charge in [0.1, 0.15) is 0 Å². The van der Waals surface area contributed by atoms with E-state index in [0.717, 1.165) is 27.9 Å². The molecule has 94 valence electrons. The van der Waals surface area contributed by atoms with Crippen LogP contribution in [-0.2, 0) is 11.8 Å². The highest BCUT2D eigenvalue weighted by Crippen LogP contribution is 2.21. The van der Waals surface area contributed by atoms with Crippen molar-refractivity contribution in [1.82, 2.24) is 0 Å². The van der Waals surface area contributed by atoms with Crippen molar-refractivity contribution in [2.75, 3.05) is 5.32 Å². The summed E-state index contributed by atoms with van der Waals surface area (Å²) < 4.78 is 0. The standard InChI is InChI=1S/C14H14BrNOS/c1-2-11-7-8-13(18-11)14(17)16-12-6-4-3-5-10(12)9-15/h3-8H,2,9H2,1H3,(H,16,17). The predicted molar refractivity (Wildman–Crippen MR) is 80.7 cm³/mol. The molecule has 0 bridgehead atoms. The predicted octanol–water partition coefficient (Wildman–Crippen LogP) is 4.46. The molecule has 0 saturated carbocycles. The summed E-state index contributed by atoms with van der Waals surface area (Å²) in [5.41, 5.74) is 1.95. The van der Waals surface area contributed by atoms with Crippen molar-refractivity contribution in [1.29, 1.82) is 0 Å². The molecule has 1 N–H and O–H groups in total. The third-order valence-corrected chi connectivity index (χ3v) is 4.48. The first-order valence-electron chi connectivity index (χ1n) is 5.78. The Kier molecular flexibility index (Phi) is 4.55. The highest BCUT2D eigenvalue weighted by Gasteiger charge is 2.10. The Morgan fingerprint density at radius 1 is 1.28 bits per heavy atom. The zero-order valence-corrected chi connectivity index (χ0v) is 12.5. The molecule has 1 aromatic carbocycles. The van der Waals surface area contributed by atoms with Crippen molar-refractivity contribution in [3.05, 3.63) is 51.7 Å². The molecule has 0 spiro atoms. The molecule has 2 rings (SSSR count). The number of anilines is 1. The van der Waals surface area contributed by atoms with Gasteiger partial charge in [-0.05, 0) is 30.2 Å². The van der Waals surface area contributed by atoms with Gasteiger partial charge < -0.3 is 5.32 Å². The number of rotatable bonds is 4. The number of alkyl halides is 1. The van der Waals surface area contributed by atoms with Crippen molar-refractivity contribution in [2.24, 2.45) is 0 Å². The molecule has 0 saturated heterocycles. The fourth-order valence-electron chi connectivity index (χ4n) is 1.63. The second-order valence-electron chi connectivity index (χ2n) is 3.86. The fraction of sp³-hybridized carbons (Fsp3) is 0.214. The topological polar surface area (TPSA) is 29.1 Å². The van der Waals surface area contributed by atoms with E-state index in [4.69, 9.17) is 0 Å². The summed E-state index contributed by atoms with van der Waals surface area (Å²) in [4.78, 5) is 14.1. The van der Waals surface area contributed by atoms with Crippen LogP contribution in [0.15, 0.2) is 36.4 Å². The van der Waals surface area contributed by atoms with Crippen LogP contribution in [-0.4, -0.2) is 5.91 Å². The van der Waals surface area contributed by atoms with Gasteiger partial charge in [0.25, 0.3) is 5.91 Å². The Balaban J connectivity index is 2.16. The van der Waals surface area contributed by atoms with Gasteiger partial charge in [0.05, 0.1) is 4.88 Å². The van der Waals surface area contributed by atoms with Gasteiger partial charge in [-0.15, -0.1) is 11.3 Å². The molecule has 0 aliphatic heterocycles. The first kappa shape index (κ1) is 13.3. The number of aryl methyl sites for hydroxylation is 1. The molecule has 1 amide bonds. The summed E-state index contributed by atoms with van der Waals surface area (Å²) >= 11 is 4.97. The first-order chi connectivity index (χ1) is 8.74. The number of para-hydroxylation sites is 1. The Labute approximate surface area is 119 Å². The van der Waals surface area contributed by atoms with E-state index < -0.39 is 0 Å². The molecule has 0 fully saturated rings. The molecular weight excluding hydrogens is 310 g/mol. The number of halogens is 1. The van der Waals surface area contributed by atoms with Crippen LogP contribution >= 0.6 is 27.3 Å². The molecular formula is C14H14BrNOS. The van der Waals surface area contributed by atoms with E-state index in [9.17, 15) is 4.79 Å². The Bertz CT molecular complexity index is 550. The van der Waals surface area contributed by atoms with Gasteiger partial charge in [-0.3, -0.25) is 4.79 Å². The highest BCUT2D eigenvalue weighted by molar-refractivity contribution is 9.08. The molecule has 2 aromatic rings. The number of amides is 1. The lowest BCUT2D eigenvalue weighted by Gasteiger charge is -2.07.